The zero-order chi connectivity index (χ0) is 12.1. The molecule has 17 heavy (non-hydrogen) atoms. The van der Waals surface area contributed by atoms with Crippen LogP contribution in [0.4, 0.5) is 0 Å². The third-order valence-corrected chi connectivity index (χ3v) is 3.31. The van der Waals surface area contributed by atoms with E-state index in [0.717, 1.165) is 6.42 Å². The zero-order valence-electron chi connectivity index (χ0n) is 9.31. The summed E-state index contributed by atoms with van der Waals surface area (Å²) in [6.45, 7) is 0. The molecule has 1 aromatic carbocycles. The largest absolute Gasteiger partial charge is 0.271 e. The first-order valence-corrected chi connectivity index (χ1v) is 6.48. The maximum Gasteiger partial charge on any atom is 0.0500 e. The van der Waals surface area contributed by atoms with Crippen LogP contribution in [-0.4, -0.2) is 4.98 Å². The van der Waals surface area contributed by atoms with Crippen molar-refractivity contribution in [2.45, 2.75) is 12.5 Å². The van der Waals surface area contributed by atoms with Gasteiger partial charge in [-0.3, -0.25) is 16.3 Å². The maximum absolute atomic E-state index is 5.63. The van der Waals surface area contributed by atoms with Crippen molar-refractivity contribution in [2.75, 3.05) is 0 Å². The summed E-state index contributed by atoms with van der Waals surface area (Å²) < 4.78 is 1.22. The van der Waals surface area contributed by atoms with Crippen LogP contribution in [-0.2, 0) is 6.42 Å². The number of benzene rings is 1. The van der Waals surface area contributed by atoms with E-state index in [1.54, 1.807) is 12.4 Å². The number of aromatic nitrogens is 1. The molecule has 2 aromatic rings. The Bertz CT molecular complexity index is 473. The second kappa shape index (κ2) is 6.09. The molecule has 3 nitrogen and oxygen atoms in total. The van der Waals surface area contributed by atoms with E-state index in [-0.39, 0.29) is 6.04 Å². The van der Waals surface area contributed by atoms with E-state index in [1.165, 1.54) is 14.7 Å². The Morgan fingerprint density at radius 3 is 2.65 bits per heavy atom. The summed E-state index contributed by atoms with van der Waals surface area (Å²) in [6, 6.07) is 12.5. The average Bonchev–Trinajstić information content (AvgIpc) is 2.37. The van der Waals surface area contributed by atoms with Crippen LogP contribution in [0.1, 0.15) is 17.2 Å². The van der Waals surface area contributed by atoms with Gasteiger partial charge in [0, 0.05) is 16.0 Å². The predicted molar refractivity (Wildman–Crippen MR) is 77.2 cm³/mol. The molecule has 0 aliphatic heterocycles. The van der Waals surface area contributed by atoms with Gasteiger partial charge in [-0.15, -0.1) is 0 Å². The molecular weight excluding hydrogens is 325 g/mol. The maximum atomic E-state index is 5.63. The summed E-state index contributed by atoms with van der Waals surface area (Å²) in [5.74, 6) is 5.63. The predicted octanol–water partition coefficient (Wildman–Crippen LogP) is 2.43. The van der Waals surface area contributed by atoms with Crippen LogP contribution in [0.5, 0.6) is 0 Å². The SMILES string of the molecule is NNC(Cc1ccncc1)c1cccc(I)c1. The van der Waals surface area contributed by atoms with Crippen molar-refractivity contribution in [3.05, 3.63) is 63.5 Å². The van der Waals surface area contributed by atoms with Crippen LogP contribution in [0.15, 0.2) is 48.8 Å². The molecule has 4 heteroatoms. The van der Waals surface area contributed by atoms with Crippen LogP contribution in [0.3, 0.4) is 0 Å². The standard InChI is InChI=1S/C13H14IN3/c14-12-3-1-2-11(9-12)13(17-15)8-10-4-6-16-7-5-10/h1-7,9,13,17H,8,15H2. The Morgan fingerprint density at radius 2 is 2.00 bits per heavy atom. The van der Waals surface area contributed by atoms with Crippen LogP contribution in [0, 0.1) is 3.57 Å². The molecule has 1 atom stereocenters. The molecule has 0 radical (unpaired) electrons. The van der Waals surface area contributed by atoms with Gasteiger partial charge in [0.1, 0.15) is 0 Å². The van der Waals surface area contributed by atoms with E-state index in [1.807, 2.05) is 18.2 Å². The van der Waals surface area contributed by atoms with Crippen LogP contribution in [0.2, 0.25) is 0 Å². The molecule has 3 N–H and O–H groups in total. The molecule has 0 fully saturated rings. The topological polar surface area (TPSA) is 50.9 Å². The minimum atomic E-state index is 0.132. The van der Waals surface area contributed by atoms with E-state index in [2.05, 4.69) is 51.2 Å². The van der Waals surface area contributed by atoms with Gasteiger partial charge in [-0.05, 0) is 64.4 Å². The van der Waals surface area contributed by atoms with E-state index in [9.17, 15) is 0 Å². The Hall–Kier alpha value is -0.980. The number of nitrogens with zero attached hydrogens (tertiary/aromatic N) is 1. The second-order valence-electron chi connectivity index (χ2n) is 3.83. The van der Waals surface area contributed by atoms with Gasteiger partial charge in [-0.25, -0.2) is 0 Å². The molecule has 0 aliphatic carbocycles. The lowest BCUT2D eigenvalue weighted by atomic mass is 10.0. The monoisotopic (exact) mass is 339 g/mol. The molecule has 0 saturated heterocycles. The van der Waals surface area contributed by atoms with Crippen molar-refractivity contribution in [2.24, 2.45) is 5.84 Å². The molecule has 0 bridgehead atoms. The Kier molecular flexibility index (Phi) is 4.47. The fourth-order valence-corrected chi connectivity index (χ4v) is 2.32. The highest BCUT2D eigenvalue weighted by atomic mass is 127. The van der Waals surface area contributed by atoms with Gasteiger partial charge in [0.25, 0.3) is 0 Å². The Balaban J connectivity index is 2.17. The second-order valence-corrected chi connectivity index (χ2v) is 5.08. The molecule has 0 saturated carbocycles. The van der Waals surface area contributed by atoms with Gasteiger partial charge in [0.2, 0.25) is 0 Å². The number of rotatable bonds is 4. The molecule has 2 rings (SSSR count). The van der Waals surface area contributed by atoms with Crippen molar-refractivity contribution < 1.29 is 0 Å². The zero-order valence-corrected chi connectivity index (χ0v) is 11.5. The molecule has 1 aromatic heterocycles. The normalized spacial score (nSPS) is 12.4. The number of hydrogen-bond donors (Lipinski definition) is 2. The fourth-order valence-electron chi connectivity index (χ4n) is 1.75. The van der Waals surface area contributed by atoms with Crippen molar-refractivity contribution >= 4 is 22.6 Å². The van der Waals surface area contributed by atoms with Crippen molar-refractivity contribution in [1.29, 1.82) is 0 Å². The summed E-state index contributed by atoms with van der Waals surface area (Å²) in [6.07, 6.45) is 4.47. The van der Waals surface area contributed by atoms with Crippen LogP contribution < -0.4 is 11.3 Å². The lowest BCUT2D eigenvalue weighted by Gasteiger charge is -2.16. The van der Waals surface area contributed by atoms with Gasteiger partial charge < -0.3 is 0 Å². The first-order valence-electron chi connectivity index (χ1n) is 5.40. The lowest BCUT2D eigenvalue weighted by Crippen LogP contribution is -2.29. The Morgan fingerprint density at radius 1 is 1.24 bits per heavy atom. The van der Waals surface area contributed by atoms with Gasteiger partial charge in [-0.1, -0.05) is 12.1 Å². The molecule has 0 amide bonds. The fraction of sp³-hybridized carbons (Fsp3) is 0.154. The van der Waals surface area contributed by atoms with E-state index >= 15 is 0 Å². The van der Waals surface area contributed by atoms with E-state index in [0.29, 0.717) is 0 Å². The van der Waals surface area contributed by atoms with Crippen molar-refractivity contribution in [3.8, 4) is 0 Å². The third kappa shape index (κ3) is 3.49. The number of nitrogens with two attached hydrogens (primary N) is 1. The number of hydrogen-bond acceptors (Lipinski definition) is 3. The van der Waals surface area contributed by atoms with Crippen LogP contribution >= 0.6 is 22.6 Å². The summed E-state index contributed by atoms with van der Waals surface area (Å²) >= 11 is 2.31. The molecule has 88 valence electrons. The first kappa shape index (κ1) is 12.5. The average molecular weight is 339 g/mol. The highest BCUT2D eigenvalue weighted by Gasteiger charge is 2.10. The highest BCUT2D eigenvalue weighted by Crippen LogP contribution is 2.19. The van der Waals surface area contributed by atoms with Gasteiger partial charge >= 0.3 is 0 Å². The summed E-state index contributed by atoms with van der Waals surface area (Å²) in [5, 5.41) is 0. The molecular formula is C13H14IN3. The number of pyridine rings is 1. The lowest BCUT2D eigenvalue weighted by molar-refractivity contribution is 0.551. The molecule has 0 spiro atoms. The highest BCUT2D eigenvalue weighted by molar-refractivity contribution is 14.1. The summed E-state index contributed by atoms with van der Waals surface area (Å²) in [5.41, 5.74) is 5.30. The van der Waals surface area contributed by atoms with Crippen LogP contribution in [0.25, 0.3) is 0 Å². The van der Waals surface area contributed by atoms with Gasteiger partial charge in [0.05, 0.1) is 6.04 Å². The Labute approximate surface area is 115 Å². The molecule has 1 unspecified atom stereocenters. The molecule has 1 heterocycles. The quantitative estimate of drug-likeness (QED) is 0.511. The van der Waals surface area contributed by atoms with Crippen molar-refractivity contribution in [3.63, 3.8) is 0 Å². The summed E-state index contributed by atoms with van der Waals surface area (Å²) in [4.78, 5) is 4.01. The van der Waals surface area contributed by atoms with Gasteiger partial charge in [-0.2, -0.15) is 0 Å². The number of halogens is 1. The molecule has 0 aliphatic rings. The van der Waals surface area contributed by atoms with E-state index < -0.39 is 0 Å². The first-order chi connectivity index (χ1) is 8.29. The third-order valence-electron chi connectivity index (χ3n) is 2.64. The van der Waals surface area contributed by atoms with Gasteiger partial charge in [0.15, 0.2) is 0 Å². The van der Waals surface area contributed by atoms with E-state index in [4.69, 9.17) is 5.84 Å². The number of hydrazine groups is 1. The van der Waals surface area contributed by atoms with Crippen molar-refractivity contribution in [1.82, 2.24) is 10.4 Å². The minimum Gasteiger partial charge on any atom is -0.271 e. The minimum absolute atomic E-state index is 0.132. The summed E-state index contributed by atoms with van der Waals surface area (Å²) in [7, 11) is 0. The number of nitrogens with one attached hydrogen (secondary N) is 1. The smallest absolute Gasteiger partial charge is 0.0500 e.